The molecule has 0 bridgehead atoms. The van der Waals surface area contributed by atoms with E-state index in [9.17, 15) is 0 Å². The minimum absolute atomic E-state index is 0.677. The van der Waals surface area contributed by atoms with Gasteiger partial charge < -0.3 is 4.90 Å². The predicted molar refractivity (Wildman–Crippen MR) is 105 cm³/mol. The summed E-state index contributed by atoms with van der Waals surface area (Å²) < 4.78 is 1.88. The van der Waals surface area contributed by atoms with Crippen LogP contribution < -0.4 is 4.90 Å². The summed E-state index contributed by atoms with van der Waals surface area (Å²) in [7, 11) is 0. The highest BCUT2D eigenvalue weighted by Gasteiger charge is 2.20. The molecule has 1 aliphatic heterocycles. The average Bonchev–Trinajstić information content (AvgIpc) is 3.15. The second-order valence-electron chi connectivity index (χ2n) is 6.66. The summed E-state index contributed by atoms with van der Waals surface area (Å²) in [6.07, 6.45) is 3.64. The van der Waals surface area contributed by atoms with E-state index in [1.165, 1.54) is 19.3 Å². The first kappa shape index (κ1) is 15.6. The molecule has 3 heterocycles. The lowest BCUT2D eigenvalue weighted by Gasteiger charge is -2.27. The SMILES string of the molecule is Clc1ccc2nc(N3CCCCC3)n3nc(-c4ccccc4)nc3c2c1. The van der Waals surface area contributed by atoms with Crippen molar-refractivity contribution in [2.24, 2.45) is 0 Å². The zero-order valence-electron chi connectivity index (χ0n) is 14.3. The molecule has 26 heavy (non-hydrogen) atoms. The average molecular weight is 364 g/mol. The molecule has 130 valence electrons. The summed E-state index contributed by atoms with van der Waals surface area (Å²) in [5, 5.41) is 6.40. The van der Waals surface area contributed by atoms with Gasteiger partial charge in [-0.1, -0.05) is 41.9 Å². The van der Waals surface area contributed by atoms with Crippen LogP contribution in [0.15, 0.2) is 48.5 Å². The first-order valence-corrected chi connectivity index (χ1v) is 9.34. The van der Waals surface area contributed by atoms with E-state index in [2.05, 4.69) is 4.90 Å². The van der Waals surface area contributed by atoms with Crippen LogP contribution in [0.5, 0.6) is 0 Å². The standard InChI is InChI=1S/C20H18ClN5/c21-15-9-10-17-16(13-15)19-23-18(14-7-3-1-4-8-14)24-26(19)20(22-17)25-11-5-2-6-12-25/h1,3-4,7-10,13H,2,5-6,11-12H2. The van der Waals surface area contributed by atoms with Gasteiger partial charge in [0.25, 0.3) is 0 Å². The van der Waals surface area contributed by atoms with Crippen LogP contribution in [0, 0.1) is 0 Å². The second kappa shape index (κ2) is 6.25. The number of rotatable bonds is 2. The van der Waals surface area contributed by atoms with Gasteiger partial charge >= 0.3 is 0 Å². The monoisotopic (exact) mass is 363 g/mol. The molecule has 1 saturated heterocycles. The summed E-state index contributed by atoms with van der Waals surface area (Å²) >= 11 is 6.24. The minimum Gasteiger partial charge on any atom is -0.341 e. The summed E-state index contributed by atoms with van der Waals surface area (Å²) in [4.78, 5) is 12.1. The van der Waals surface area contributed by atoms with Crippen LogP contribution in [-0.2, 0) is 0 Å². The van der Waals surface area contributed by atoms with Crippen LogP contribution in [0.25, 0.3) is 27.9 Å². The van der Waals surface area contributed by atoms with Crippen molar-refractivity contribution in [3.05, 3.63) is 53.6 Å². The van der Waals surface area contributed by atoms with Crippen molar-refractivity contribution in [2.75, 3.05) is 18.0 Å². The fourth-order valence-corrected chi connectivity index (χ4v) is 3.75. The Morgan fingerprint density at radius 2 is 1.69 bits per heavy atom. The van der Waals surface area contributed by atoms with Gasteiger partial charge in [-0.05, 0) is 37.5 Å². The molecule has 5 nitrogen and oxygen atoms in total. The fourth-order valence-electron chi connectivity index (χ4n) is 3.57. The van der Waals surface area contributed by atoms with E-state index in [4.69, 9.17) is 26.7 Å². The van der Waals surface area contributed by atoms with Gasteiger partial charge in [0.15, 0.2) is 11.5 Å². The lowest BCUT2D eigenvalue weighted by atomic mass is 10.1. The largest absolute Gasteiger partial charge is 0.341 e. The third-order valence-corrected chi connectivity index (χ3v) is 5.12. The molecule has 0 radical (unpaired) electrons. The summed E-state index contributed by atoms with van der Waals surface area (Å²) in [6.45, 7) is 2.00. The molecule has 5 rings (SSSR count). The van der Waals surface area contributed by atoms with Crippen molar-refractivity contribution in [3.8, 4) is 11.4 Å². The van der Waals surface area contributed by atoms with E-state index in [-0.39, 0.29) is 0 Å². The number of hydrogen-bond donors (Lipinski definition) is 0. The molecule has 1 aliphatic rings. The Morgan fingerprint density at radius 1 is 0.885 bits per heavy atom. The predicted octanol–water partition coefficient (Wildman–Crippen LogP) is 4.59. The Bertz CT molecular complexity index is 1080. The maximum absolute atomic E-state index is 6.24. The van der Waals surface area contributed by atoms with Crippen molar-refractivity contribution >= 4 is 34.1 Å². The zero-order chi connectivity index (χ0) is 17.5. The number of hydrogen-bond acceptors (Lipinski definition) is 4. The number of aromatic nitrogens is 4. The Morgan fingerprint density at radius 3 is 2.50 bits per heavy atom. The van der Waals surface area contributed by atoms with Crippen LogP contribution in [0.4, 0.5) is 5.95 Å². The quantitative estimate of drug-likeness (QED) is 0.522. The van der Waals surface area contributed by atoms with Crippen LogP contribution in [0.2, 0.25) is 5.02 Å². The molecule has 0 N–H and O–H groups in total. The van der Waals surface area contributed by atoms with Gasteiger partial charge in [-0.25, -0.2) is 9.97 Å². The topological polar surface area (TPSA) is 46.3 Å². The number of anilines is 1. The van der Waals surface area contributed by atoms with Gasteiger partial charge in [-0.2, -0.15) is 4.52 Å². The molecular weight excluding hydrogens is 346 g/mol. The highest BCUT2D eigenvalue weighted by atomic mass is 35.5. The minimum atomic E-state index is 0.677. The Labute approximate surface area is 156 Å². The van der Waals surface area contributed by atoms with Crippen molar-refractivity contribution < 1.29 is 0 Å². The molecule has 0 unspecified atom stereocenters. The summed E-state index contributed by atoms with van der Waals surface area (Å²) in [5.41, 5.74) is 2.70. The first-order valence-electron chi connectivity index (χ1n) is 8.96. The van der Waals surface area contributed by atoms with Gasteiger partial charge in [-0.15, -0.1) is 5.10 Å². The number of benzene rings is 2. The van der Waals surface area contributed by atoms with Gasteiger partial charge in [0.05, 0.1) is 5.52 Å². The molecule has 0 spiro atoms. The van der Waals surface area contributed by atoms with Crippen molar-refractivity contribution in [2.45, 2.75) is 19.3 Å². The molecule has 0 aliphatic carbocycles. The molecule has 1 fully saturated rings. The molecule has 0 saturated carbocycles. The highest BCUT2D eigenvalue weighted by molar-refractivity contribution is 6.31. The molecular formula is C20H18ClN5. The van der Waals surface area contributed by atoms with E-state index < -0.39 is 0 Å². The van der Waals surface area contributed by atoms with E-state index in [1.807, 2.05) is 53.0 Å². The highest BCUT2D eigenvalue weighted by Crippen LogP contribution is 2.28. The first-order chi connectivity index (χ1) is 12.8. The Kier molecular flexibility index (Phi) is 3.75. The number of nitrogens with zero attached hydrogens (tertiary/aromatic N) is 5. The molecule has 0 atom stereocenters. The van der Waals surface area contributed by atoms with Gasteiger partial charge in [0.1, 0.15) is 0 Å². The van der Waals surface area contributed by atoms with Crippen LogP contribution in [0.1, 0.15) is 19.3 Å². The van der Waals surface area contributed by atoms with Crippen LogP contribution in [-0.4, -0.2) is 32.7 Å². The van der Waals surface area contributed by atoms with Gasteiger partial charge in [0.2, 0.25) is 5.95 Å². The Hall–Kier alpha value is -2.66. The maximum atomic E-state index is 6.24. The summed E-state index contributed by atoms with van der Waals surface area (Å²) in [5.74, 6) is 1.57. The third-order valence-electron chi connectivity index (χ3n) is 4.89. The maximum Gasteiger partial charge on any atom is 0.229 e. The lowest BCUT2D eigenvalue weighted by Crippen LogP contribution is -2.32. The third kappa shape index (κ3) is 2.59. The normalized spacial score (nSPS) is 15.0. The number of fused-ring (bicyclic) bond motifs is 3. The Balaban J connectivity index is 1.79. The molecule has 4 aromatic rings. The molecule has 0 amide bonds. The van der Waals surface area contributed by atoms with Crippen LogP contribution in [0.3, 0.4) is 0 Å². The van der Waals surface area contributed by atoms with E-state index >= 15 is 0 Å². The molecule has 6 heteroatoms. The van der Waals surface area contributed by atoms with Crippen LogP contribution >= 0.6 is 11.6 Å². The van der Waals surface area contributed by atoms with Crippen molar-refractivity contribution in [1.29, 1.82) is 0 Å². The summed E-state index contributed by atoms with van der Waals surface area (Å²) in [6, 6.07) is 15.8. The lowest BCUT2D eigenvalue weighted by molar-refractivity contribution is 0.563. The van der Waals surface area contributed by atoms with E-state index in [0.29, 0.717) is 10.8 Å². The fraction of sp³-hybridized carbons (Fsp3) is 0.250. The van der Waals surface area contributed by atoms with Gasteiger partial charge in [-0.3, -0.25) is 0 Å². The number of halogens is 1. The molecule has 2 aromatic heterocycles. The second-order valence-corrected chi connectivity index (χ2v) is 7.09. The molecule has 2 aromatic carbocycles. The van der Waals surface area contributed by atoms with E-state index in [0.717, 1.165) is 41.2 Å². The van der Waals surface area contributed by atoms with Crippen molar-refractivity contribution in [3.63, 3.8) is 0 Å². The smallest absolute Gasteiger partial charge is 0.229 e. The van der Waals surface area contributed by atoms with E-state index in [1.54, 1.807) is 0 Å². The zero-order valence-corrected chi connectivity index (χ0v) is 15.0. The van der Waals surface area contributed by atoms with Crippen molar-refractivity contribution in [1.82, 2.24) is 19.6 Å². The number of piperidine rings is 1. The van der Waals surface area contributed by atoms with Gasteiger partial charge in [0, 0.05) is 29.1 Å².